The fourth-order valence-electron chi connectivity index (χ4n) is 2.80. The highest BCUT2D eigenvalue weighted by Crippen LogP contribution is 2.32. The summed E-state index contributed by atoms with van der Waals surface area (Å²) in [6.45, 7) is 2.36. The van der Waals surface area contributed by atoms with Crippen LogP contribution in [0.4, 0.5) is 5.69 Å². The van der Waals surface area contributed by atoms with E-state index in [1.54, 1.807) is 0 Å². The Bertz CT molecular complexity index is 522. The van der Waals surface area contributed by atoms with Crippen molar-refractivity contribution in [2.45, 2.75) is 32.1 Å². The molecule has 0 unspecified atom stereocenters. The van der Waals surface area contributed by atoms with Crippen LogP contribution >= 0.6 is 11.6 Å². The number of piperidine rings is 1. The molecule has 0 saturated carbocycles. The summed E-state index contributed by atoms with van der Waals surface area (Å²) in [6.07, 6.45) is 5.95. The van der Waals surface area contributed by atoms with Gasteiger partial charge in [-0.2, -0.15) is 5.11 Å². The lowest BCUT2D eigenvalue weighted by molar-refractivity contribution is 0.265. The molecule has 0 amide bonds. The van der Waals surface area contributed by atoms with Gasteiger partial charge >= 0.3 is 0 Å². The molecule has 1 aromatic rings. The fourth-order valence-corrected chi connectivity index (χ4v) is 2.97. The van der Waals surface area contributed by atoms with Crippen LogP contribution in [0.15, 0.2) is 45.9 Å². The lowest BCUT2D eigenvalue weighted by Crippen LogP contribution is -2.32. The van der Waals surface area contributed by atoms with Crippen LogP contribution in [0, 0.1) is 0 Å². The summed E-state index contributed by atoms with van der Waals surface area (Å²) in [4.78, 5) is 2.48. The predicted molar refractivity (Wildman–Crippen MR) is 77.7 cm³/mol. The van der Waals surface area contributed by atoms with Crippen LogP contribution < -0.4 is 0 Å². The Hall–Kier alpha value is -1.35. The third-order valence-electron chi connectivity index (χ3n) is 3.78. The van der Waals surface area contributed by atoms with E-state index in [2.05, 4.69) is 15.1 Å². The van der Waals surface area contributed by atoms with Gasteiger partial charge in [-0.3, -0.25) is 0 Å². The molecule has 0 N–H and O–H groups in total. The van der Waals surface area contributed by atoms with Crippen molar-refractivity contribution in [3.63, 3.8) is 0 Å². The Morgan fingerprint density at radius 3 is 2.68 bits per heavy atom. The smallest absolute Gasteiger partial charge is 0.104 e. The molecule has 1 fully saturated rings. The van der Waals surface area contributed by atoms with E-state index in [1.165, 1.54) is 38.0 Å². The SMILES string of the molecule is Clc1ccccc1N=NC1=C2CCCCN2CCC1. The largest absolute Gasteiger partial charge is 0.373 e. The minimum atomic E-state index is 0.660. The molecular formula is C15H18ClN3. The summed E-state index contributed by atoms with van der Waals surface area (Å²) >= 11 is 6.10. The highest BCUT2D eigenvalue weighted by Gasteiger charge is 2.22. The Balaban J connectivity index is 1.85. The van der Waals surface area contributed by atoms with Crippen LogP contribution in [0.3, 0.4) is 0 Å². The molecule has 0 aromatic heterocycles. The molecule has 3 nitrogen and oxygen atoms in total. The van der Waals surface area contributed by atoms with Gasteiger partial charge in [0.25, 0.3) is 0 Å². The Kier molecular flexibility index (Phi) is 3.83. The molecule has 0 bridgehead atoms. The van der Waals surface area contributed by atoms with E-state index < -0.39 is 0 Å². The summed E-state index contributed by atoms with van der Waals surface area (Å²) in [7, 11) is 0. The standard InChI is InChI=1S/C15H18ClN3/c16-12-6-1-2-7-13(12)17-18-14-8-5-11-19-10-4-3-9-15(14)19/h1-2,6-7H,3-5,8-11H2. The second kappa shape index (κ2) is 5.74. The van der Waals surface area contributed by atoms with Gasteiger partial charge in [-0.15, -0.1) is 5.11 Å². The molecule has 0 spiro atoms. The molecule has 3 rings (SSSR count). The van der Waals surface area contributed by atoms with Gasteiger partial charge in [-0.05, 0) is 44.2 Å². The molecule has 2 aliphatic rings. The quantitative estimate of drug-likeness (QED) is 0.705. The topological polar surface area (TPSA) is 28.0 Å². The van der Waals surface area contributed by atoms with Crippen molar-refractivity contribution >= 4 is 17.3 Å². The number of halogens is 1. The summed E-state index contributed by atoms with van der Waals surface area (Å²) in [5, 5.41) is 9.47. The van der Waals surface area contributed by atoms with Crippen LogP contribution in [0.2, 0.25) is 5.02 Å². The number of benzene rings is 1. The first-order valence-electron chi connectivity index (χ1n) is 6.98. The maximum atomic E-state index is 6.10. The fraction of sp³-hybridized carbons (Fsp3) is 0.467. The van der Waals surface area contributed by atoms with E-state index >= 15 is 0 Å². The molecule has 1 aromatic carbocycles. The predicted octanol–water partition coefficient (Wildman–Crippen LogP) is 4.92. The first-order chi connectivity index (χ1) is 9.34. The van der Waals surface area contributed by atoms with Crippen molar-refractivity contribution in [1.29, 1.82) is 0 Å². The Morgan fingerprint density at radius 2 is 1.79 bits per heavy atom. The lowest BCUT2D eigenvalue weighted by atomic mass is 9.99. The number of allylic oxidation sites excluding steroid dienone is 2. The molecule has 2 aliphatic heterocycles. The van der Waals surface area contributed by atoms with Crippen molar-refractivity contribution in [2.75, 3.05) is 13.1 Å². The van der Waals surface area contributed by atoms with E-state index in [1.807, 2.05) is 24.3 Å². The molecule has 19 heavy (non-hydrogen) atoms. The van der Waals surface area contributed by atoms with Crippen molar-refractivity contribution < 1.29 is 0 Å². The van der Waals surface area contributed by atoms with Gasteiger partial charge in [0.05, 0.1) is 10.7 Å². The van der Waals surface area contributed by atoms with Gasteiger partial charge in [0.1, 0.15) is 5.69 Å². The van der Waals surface area contributed by atoms with Crippen LogP contribution in [-0.2, 0) is 0 Å². The van der Waals surface area contributed by atoms with Crippen LogP contribution in [0.25, 0.3) is 0 Å². The summed E-state index contributed by atoms with van der Waals surface area (Å²) in [6, 6.07) is 7.60. The van der Waals surface area contributed by atoms with E-state index in [0.717, 1.165) is 24.2 Å². The molecule has 0 aliphatic carbocycles. The van der Waals surface area contributed by atoms with Gasteiger partial charge in [-0.25, -0.2) is 0 Å². The Morgan fingerprint density at radius 1 is 0.947 bits per heavy atom. The zero-order valence-electron chi connectivity index (χ0n) is 11.0. The number of hydrogen-bond acceptors (Lipinski definition) is 3. The second-order valence-corrected chi connectivity index (χ2v) is 5.50. The zero-order valence-corrected chi connectivity index (χ0v) is 11.7. The van der Waals surface area contributed by atoms with Crippen LogP contribution in [0.5, 0.6) is 0 Å². The van der Waals surface area contributed by atoms with Crippen molar-refractivity contribution in [1.82, 2.24) is 4.90 Å². The molecule has 1 saturated heterocycles. The van der Waals surface area contributed by atoms with Crippen LogP contribution in [0.1, 0.15) is 32.1 Å². The van der Waals surface area contributed by atoms with Crippen molar-refractivity contribution in [3.05, 3.63) is 40.7 Å². The highest BCUT2D eigenvalue weighted by atomic mass is 35.5. The first kappa shape index (κ1) is 12.7. The number of azo groups is 1. The van der Waals surface area contributed by atoms with E-state index in [4.69, 9.17) is 11.6 Å². The van der Waals surface area contributed by atoms with E-state index in [-0.39, 0.29) is 0 Å². The van der Waals surface area contributed by atoms with Crippen LogP contribution in [-0.4, -0.2) is 18.0 Å². The Labute approximate surface area is 119 Å². The summed E-state index contributed by atoms with van der Waals surface area (Å²) < 4.78 is 0. The molecule has 2 heterocycles. The van der Waals surface area contributed by atoms with Gasteiger partial charge in [0, 0.05) is 18.8 Å². The average molecular weight is 276 g/mol. The maximum absolute atomic E-state index is 6.10. The van der Waals surface area contributed by atoms with Gasteiger partial charge in [0.15, 0.2) is 0 Å². The number of rotatable bonds is 2. The number of hydrogen-bond donors (Lipinski definition) is 0. The lowest BCUT2D eigenvalue weighted by Gasteiger charge is -2.35. The summed E-state index contributed by atoms with van der Waals surface area (Å²) in [5.74, 6) is 0. The number of nitrogens with zero attached hydrogens (tertiary/aromatic N) is 3. The first-order valence-corrected chi connectivity index (χ1v) is 7.35. The minimum absolute atomic E-state index is 0.660. The minimum Gasteiger partial charge on any atom is -0.373 e. The van der Waals surface area contributed by atoms with E-state index in [0.29, 0.717) is 5.02 Å². The van der Waals surface area contributed by atoms with Gasteiger partial charge in [-0.1, -0.05) is 23.7 Å². The van der Waals surface area contributed by atoms with Gasteiger partial charge in [0.2, 0.25) is 0 Å². The normalized spacial score (nSPS) is 19.9. The molecule has 0 atom stereocenters. The third kappa shape index (κ3) is 2.81. The zero-order chi connectivity index (χ0) is 13.1. The third-order valence-corrected chi connectivity index (χ3v) is 4.10. The average Bonchev–Trinajstić information content (AvgIpc) is 2.46. The van der Waals surface area contributed by atoms with Crippen molar-refractivity contribution in [2.24, 2.45) is 10.2 Å². The van der Waals surface area contributed by atoms with Crippen molar-refractivity contribution in [3.8, 4) is 0 Å². The second-order valence-electron chi connectivity index (χ2n) is 5.09. The highest BCUT2D eigenvalue weighted by molar-refractivity contribution is 6.32. The monoisotopic (exact) mass is 275 g/mol. The molecule has 100 valence electrons. The molecule has 0 radical (unpaired) electrons. The maximum Gasteiger partial charge on any atom is 0.104 e. The van der Waals surface area contributed by atoms with E-state index in [9.17, 15) is 0 Å². The molecule has 4 heteroatoms. The molecular weight excluding hydrogens is 258 g/mol. The summed E-state index contributed by atoms with van der Waals surface area (Å²) in [5.41, 5.74) is 3.32. The van der Waals surface area contributed by atoms with Gasteiger partial charge < -0.3 is 4.90 Å². The number of fused-ring (bicyclic) bond motifs is 1.